The number of nitrogens with two attached hydrogens (primary N) is 1. The standard InChI is InChI=1S/C7H13F2NO2/c1-7(8,9)4-2-3-5(10)6(11)12/h5H,2-4,10H2,1H3,(H,11,12)/t5-/m0/s1. The predicted octanol–water partition coefficient (Wildman–Crippen LogP) is 1.22. The molecule has 0 bridgehead atoms. The van der Waals surface area contributed by atoms with Crippen molar-refractivity contribution < 1.29 is 18.7 Å². The zero-order chi connectivity index (χ0) is 9.78. The molecule has 0 aliphatic heterocycles. The first kappa shape index (κ1) is 11.3. The van der Waals surface area contributed by atoms with E-state index in [4.69, 9.17) is 10.8 Å². The smallest absolute Gasteiger partial charge is 0.320 e. The molecule has 72 valence electrons. The highest BCUT2D eigenvalue weighted by atomic mass is 19.3. The van der Waals surface area contributed by atoms with Gasteiger partial charge < -0.3 is 10.8 Å². The minimum atomic E-state index is -2.72. The Balaban J connectivity index is 3.51. The Morgan fingerprint density at radius 3 is 2.50 bits per heavy atom. The molecule has 0 saturated carbocycles. The number of rotatable bonds is 5. The van der Waals surface area contributed by atoms with E-state index >= 15 is 0 Å². The summed E-state index contributed by atoms with van der Waals surface area (Å²) in [6, 6.07) is -1.02. The van der Waals surface area contributed by atoms with E-state index in [9.17, 15) is 13.6 Å². The average molecular weight is 181 g/mol. The molecule has 0 aromatic heterocycles. The third-order valence-electron chi connectivity index (χ3n) is 1.45. The summed E-state index contributed by atoms with van der Waals surface area (Å²) in [5.41, 5.74) is 5.10. The molecule has 0 spiro atoms. The van der Waals surface area contributed by atoms with Gasteiger partial charge in [-0.3, -0.25) is 4.79 Å². The minimum absolute atomic E-state index is 0.0960. The van der Waals surface area contributed by atoms with Crippen LogP contribution in [0.1, 0.15) is 26.2 Å². The first-order valence-electron chi connectivity index (χ1n) is 3.69. The molecule has 0 aromatic rings. The summed E-state index contributed by atoms with van der Waals surface area (Å²) < 4.78 is 24.4. The van der Waals surface area contributed by atoms with Crippen LogP contribution in [0.3, 0.4) is 0 Å². The molecule has 1 atom stereocenters. The lowest BCUT2D eigenvalue weighted by Crippen LogP contribution is -2.30. The van der Waals surface area contributed by atoms with Crippen LogP contribution in [0, 0.1) is 0 Å². The Morgan fingerprint density at radius 2 is 2.17 bits per heavy atom. The fourth-order valence-electron chi connectivity index (χ4n) is 0.756. The average Bonchev–Trinajstić information content (AvgIpc) is 1.84. The maximum atomic E-state index is 12.2. The van der Waals surface area contributed by atoms with Crippen molar-refractivity contribution in [1.29, 1.82) is 0 Å². The molecule has 0 aliphatic rings. The lowest BCUT2D eigenvalue weighted by atomic mass is 10.1. The molecule has 3 nitrogen and oxygen atoms in total. The molecule has 5 heteroatoms. The summed E-state index contributed by atoms with van der Waals surface area (Å²) in [5, 5.41) is 8.30. The van der Waals surface area contributed by atoms with Gasteiger partial charge >= 0.3 is 5.97 Å². The van der Waals surface area contributed by atoms with Crippen LogP contribution in [0.25, 0.3) is 0 Å². The maximum absolute atomic E-state index is 12.2. The molecular formula is C7H13F2NO2. The van der Waals surface area contributed by atoms with Gasteiger partial charge in [0.2, 0.25) is 5.92 Å². The van der Waals surface area contributed by atoms with Gasteiger partial charge in [0.1, 0.15) is 6.04 Å². The number of hydrogen-bond donors (Lipinski definition) is 2. The summed E-state index contributed by atoms with van der Waals surface area (Å²) in [5.74, 6) is -3.87. The summed E-state index contributed by atoms with van der Waals surface area (Å²) in [6.45, 7) is 0.805. The van der Waals surface area contributed by atoms with Crippen molar-refractivity contribution in [3.05, 3.63) is 0 Å². The van der Waals surface area contributed by atoms with Crippen LogP contribution in [0.5, 0.6) is 0 Å². The second kappa shape index (κ2) is 4.35. The normalized spacial score (nSPS) is 14.3. The monoisotopic (exact) mass is 181 g/mol. The maximum Gasteiger partial charge on any atom is 0.320 e. The zero-order valence-corrected chi connectivity index (χ0v) is 6.89. The molecule has 3 N–H and O–H groups in total. The van der Waals surface area contributed by atoms with Gasteiger partial charge in [-0.05, 0) is 19.8 Å². The van der Waals surface area contributed by atoms with E-state index in [0.29, 0.717) is 0 Å². The van der Waals surface area contributed by atoms with E-state index in [1.54, 1.807) is 0 Å². The van der Waals surface area contributed by atoms with Gasteiger partial charge in [0, 0.05) is 6.42 Å². The second-order valence-electron chi connectivity index (χ2n) is 2.91. The van der Waals surface area contributed by atoms with Crippen LogP contribution in [-0.2, 0) is 4.79 Å². The van der Waals surface area contributed by atoms with Crippen LogP contribution < -0.4 is 5.73 Å². The number of hydrogen-bond acceptors (Lipinski definition) is 2. The highest BCUT2D eigenvalue weighted by molar-refractivity contribution is 5.72. The largest absolute Gasteiger partial charge is 0.480 e. The van der Waals surface area contributed by atoms with Crippen molar-refractivity contribution in [3.8, 4) is 0 Å². The molecule has 0 heterocycles. The van der Waals surface area contributed by atoms with Crippen molar-refractivity contribution >= 4 is 5.97 Å². The second-order valence-corrected chi connectivity index (χ2v) is 2.91. The van der Waals surface area contributed by atoms with Crippen LogP contribution in [0.4, 0.5) is 8.78 Å². The number of aliphatic carboxylic acids is 1. The van der Waals surface area contributed by atoms with Crippen LogP contribution in [-0.4, -0.2) is 23.0 Å². The van der Waals surface area contributed by atoms with Crippen molar-refractivity contribution in [3.63, 3.8) is 0 Å². The summed E-state index contributed by atoms with van der Waals surface area (Å²) >= 11 is 0. The Morgan fingerprint density at radius 1 is 1.67 bits per heavy atom. The van der Waals surface area contributed by atoms with Gasteiger partial charge in [-0.25, -0.2) is 8.78 Å². The topological polar surface area (TPSA) is 63.3 Å². The van der Waals surface area contributed by atoms with Crippen molar-refractivity contribution in [2.75, 3.05) is 0 Å². The molecule has 0 aliphatic carbocycles. The van der Waals surface area contributed by atoms with Gasteiger partial charge in [0.15, 0.2) is 0 Å². The van der Waals surface area contributed by atoms with E-state index < -0.39 is 17.9 Å². The first-order chi connectivity index (χ1) is 5.33. The molecule has 0 rings (SSSR count). The number of carboxylic acid groups (broad SMARTS) is 1. The minimum Gasteiger partial charge on any atom is -0.480 e. The third-order valence-corrected chi connectivity index (χ3v) is 1.45. The molecule has 0 fully saturated rings. The summed E-state index contributed by atoms with van der Waals surface area (Å²) in [7, 11) is 0. The molecule has 0 amide bonds. The number of carbonyl (C=O) groups is 1. The van der Waals surface area contributed by atoms with Crippen molar-refractivity contribution in [1.82, 2.24) is 0 Å². The Labute approximate surface area is 69.6 Å². The van der Waals surface area contributed by atoms with Gasteiger partial charge in [0.05, 0.1) is 0 Å². The number of alkyl halides is 2. The number of halogens is 2. The lowest BCUT2D eigenvalue weighted by Gasteiger charge is -2.10. The first-order valence-corrected chi connectivity index (χ1v) is 3.69. The zero-order valence-electron chi connectivity index (χ0n) is 6.89. The molecule has 0 saturated heterocycles. The highest BCUT2D eigenvalue weighted by Crippen LogP contribution is 2.19. The van der Waals surface area contributed by atoms with Crippen molar-refractivity contribution in [2.24, 2.45) is 5.73 Å². The van der Waals surface area contributed by atoms with E-state index in [-0.39, 0.29) is 19.3 Å². The summed E-state index contributed by atoms with van der Waals surface area (Å²) in [4.78, 5) is 10.1. The lowest BCUT2D eigenvalue weighted by molar-refractivity contribution is -0.138. The van der Waals surface area contributed by atoms with Crippen molar-refractivity contribution in [2.45, 2.75) is 38.2 Å². The molecule has 0 unspecified atom stereocenters. The van der Waals surface area contributed by atoms with Gasteiger partial charge in [0.25, 0.3) is 0 Å². The number of carboxylic acids is 1. The molecule has 12 heavy (non-hydrogen) atoms. The van der Waals surface area contributed by atoms with Crippen LogP contribution >= 0.6 is 0 Å². The van der Waals surface area contributed by atoms with E-state index in [2.05, 4.69) is 0 Å². The molecular weight excluding hydrogens is 168 g/mol. The predicted molar refractivity (Wildman–Crippen MR) is 40.1 cm³/mol. The van der Waals surface area contributed by atoms with E-state index in [1.807, 2.05) is 0 Å². The Hall–Kier alpha value is -0.710. The van der Waals surface area contributed by atoms with Crippen LogP contribution in [0.15, 0.2) is 0 Å². The van der Waals surface area contributed by atoms with Gasteiger partial charge in [-0.15, -0.1) is 0 Å². The molecule has 0 radical (unpaired) electrons. The fraction of sp³-hybridized carbons (Fsp3) is 0.857. The summed E-state index contributed by atoms with van der Waals surface area (Å²) in [6.07, 6.45) is -0.0797. The third kappa shape index (κ3) is 6.03. The highest BCUT2D eigenvalue weighted by Gasteiger charge is 2.21. The van der Waals surface area contributed by atoms with E-state index in [0.717, 1.165) is 6.92 Å². The Kier molecular flexibility index (Phi) is 4.09. The van der Waals surface area contributed by atoms with Crippen LogP contribution in [0.2, 0.25) is 0 Å². The SMILES string of the molecule is CC(F)(F)CCC[C@H](N)C(=O)O. The van der Waals surface area contributed by atoms with E-state index in [1.165, 1.54) is 0 Å². The van der Waals surface area contributed by atoms with Gasteiger partial charge in [-0.2, -0.15) is 0 Å². The molecule has 0 aromatic carbocycles. The van der Waals surface area contributed by atoms with Gasteiger partial charge in [-0.1, -0.05) is 0 Å². The quantitative estimate of drug-likeness (QED) is 0.670. The Bertz CT molecular complexity index is 156. The fourth-order valence-corrected chi connectivity index (χ4v) is 0.756.